The van der Waals surface area contributed by atoms with Crippen LogP contribution in [-0.4, -0.2) is 10.9 Å². The molecule has 2 heteroatoms. The number of aryl methyl sites for hydroxylation is 1. The molecule has 1 aromatic rings. The number of carbonyl (C=O) groups is 1. The standard InChI is InChI=1S/C12H16O2/c1-3-4-5-11(13)10-7-6-9(2)8-12(10)14/h6-8,14H,3-5H2,1-2H3. The number of ketones is 1. The van der Waals surface area contributed by atoms with E-state index in [1.165, 1.54) is 0 Å². The number of carbonyl (C=O) groups excluding carboxylic acids is 1. The van der Waals surface area contributed by atoms with Crippen LogP contribution in [0, 0.1) is 6.92 Å². The van der Waals surface area contributed by atoms with Crippen molar-refractivity contribution in [1.29, 1.82) is 0 Å². The quantitative estimate of drug-likeness (QED) is 0.744. The Morgan fingerprint density at radius 2 is 2.14 bits per heavy atom. The van der Waals surface area contributed by atoms with E-state index in [2.05, 4.69) is 0 Å². The lowest BCUT2D eigenvalue weighted by atomic mass is 10.0. The number of hydrogen-bond acceptors (Lipinski definition) is 2. The number of phenolic OH excluding ortho intramolecular Hbond substituents is 1. The van der Waals surface area contributed by atoms with Gasteiger partial charge >= 0.3 is 0 Å². The number of rotatable bonds is 4. The second-order valence-electron chi connectivity index (χ2n) is 3.55. The van der Waals surface area contributed by atoms with Crippen molar-refractivity contribution in [3.63, 3.8) is 0 Å². The van der Waals surface area contributed by atoms with E-state index in [0.29, 0.717) is 12.0 Å². The van der Waals surface area contributed by atoms with Gasteiger partial charge < -0.3 is 5.11 Å². The zero-order valence-corrected chi connectivity index (χ0v) is 8.71. The first-order chi connectivity index (χ1) is 6.65. The number of hydrogen-bond donors (Lipinski definition) is 1. The van der Waals surface area contributed by atoms with Crippen LogP contribution in [0.4, 0.5) is 0 Å². The lowest BCUT2D eigenvalue weighted by Gasteiger charge is -2.03. The second kappa shape index (κ2) is 4.80. The Bertz CT molecular complexity index is 329. The Kier molecular flexibility index (Phi) is 3.69. The molecule has 0 saturated carbocycles. The summed E-state index contributed by atoms with van der Waals surface area (Å²) in [7, 11) is 0. The number of unbranched alkanes of at least 4 members (excludes halogenated alkanes) is 1. The predicted molar refractivity (Wildman–Crippen MR) is 56.7 cm³/mol. The van der Waals surface area contributed by atoms with Gasteiger partial charge in [0.25, 0.3) is 0 Å². The van der Waals surface area contributed by atoms with Crippen LogP contribution in [-0.2, 0) is 0 Å². The average molecular weight is 192 g/mol. The van der Waals surface area contributed by atoms with Crippen LogP contribution in [0.5, 0.6) is 5.75 Å². The van der Waals surface area contributed by atoms with E-state index in [-0.39, 0.29) is 11.5 Å². The Morgan fingerprint density at radius 1 is 1.43 bits per heavy atom. The van der Waals surface area contributed by atoms with Crippen molar-refractivity contribution < 1.29 is 9.90 Å². The van der Waals surface area contributed by atoms with Crippen LogP contribution >= 0.6 is 0 Å². The van der Waals surface area contributed by atoms with Gasteiger partial charge in [-0.25, -0.2) is 0 Å². The van der Waals surface area contributed by atoms with Crippen LogP contribution < -0.4 is 0 Å². The summed E-state index contributed by atoms with van der Waals surface area (Å²) in [6.45, 7) is 3.93. The number of aromatic hydroxyl groups is 1. The zero-order chi connectivity index (χ0) is 10.6. The smallest absolute Gasteiger partial charge is 0.166 e. The Labute approximate surface area is 84.6 Å². The normalized spacial score (nSPS) is 10.1. The van der Waals surface area contributed by atoms with E-state index in [0.717, 1.165) is 18.4 Å². The van der Waals surface area contributed by atoms with Crippen molar-refractivity contribution in [3.05, 3.63) is 29.3 Å². The highest BCUT2D eigenvalue weighted by Gasteiger charge is 2.09. The molecule has 0 bridgehead atoms. The molecule has 1 N–H and O–H groups in total. The SMILES string of the molecule is CCCCC(=O)c1ccc(C)cc1O. The van der Waals surface area contributed by atoms with Crippen molar-refractivity contribution in [2.75, 3.05) is 0 Å². The summed E-state index contributed by atoms with van der Waals surface area (Å²) in [5, 5.41) is 9.54. The summed E-state index contributed by atoms with van der Waals surface area (Å²) in [5.74, 6) is 0.135. The van der Waals surface area contributed by atoms with Crippen LogP contribution in [0.1, 0.15) is 42.1 Å². The highest BCUT2D eigenvalue weighted by molar-refractivity contribution is 5.98. The molecule has 76 valence electrons. The third kappa shape index (κ3) is 2.59. The minimum absolute atomic E-state index is 0.0318. The molecule has 0 aliphatic rings. The fourth-order valence-electron chi connectivity index (χ4n) is 1.35. The second-order valence-corrected chi connectivity index (χ2v) is 3.55. The highest BCUT2D eigenvalue weighted by Crippen LogP contribution is 2.20. The highest BCUT2D eigenvalue weighted by atomic mass is 16.3. The summed E-state index contributed by atoms with van der Waals surface area (Å²) in [5.41, 5.74) is 1.42. The minimum atomic E-state index is 0.0318. The first kappa shape index (κ1) is 10.8. The van der Waals surface area contributed by atoms with Crippen molar-refractivity contribution >= 4 is 5.78 Å². The molecular weight excluding hydrogens is 176 g/mol. The fraction of sp³-hybridized carbons (Fsp3) is 0.417. The molecule has 0 heterocycles. The first-order valence-corrected chi connectivity index (χ1v) is 4.98. The van der Waals surface area contributed by atoms with E-state index in [4.69, 9.17) is 0 Å². The van der Waals surface area contributed by atoms with E-state index in [9.17, 15) is 9.90 Å². The molecule has 2 nitrogen and oxygen atoms in total. The predicted octanol–water partition coefficient (Wildman–Crippen LogP) is 3.07. The van der Waals surface area contributed by atoms with Gasteiger partial charge in [0.2, 0.25) is 0 Å². The van der Waals surface area contributed by atoms with Crippen LogP contribution in [0.15, 0.2) is 18.2 Å². The van der Waals surface area contributed by atoms with Gasteiger partial charge in [0, 0.05) is 6.42 Å². The van der Waals surface area contributed by atoms with Crippen molar-refractivity contribution in [1.82, 2.24) is 0 Å². The number of phenols is 1. The molecule has 0 fully saturated rings. The molecule has 1 rings (SSSR count). The van der Waals surface area contributed by atoms with Crippen molar-refractivity contribution in [3.8, 4) is 5.75 Å². The van der Waals surface area contributed by atoms with Gasteiger partial charge in [-0.15, -0.1) is 0 Å². The molecule has 0 radical (unpaired) electrons. The molecule has 0 atom stereocenters. The summed E-state index contributed by atoms with van der Waals surface area (Å²) in [6.07, 6.45) is 2.40. The van der Waals surface area contributed by atoms with Gasteiger partial charge in [-0.05, 0) is 31.0 Å². The lowest BCUT2D eigenvalue weighted by molar-refractivity contribution is 0.0977. The van der Waals surface area contributed by atoms with Crippen LogP contribution in [0.25, 0.3) is 0 Å². The average Bonchev–Trinajstić information content (AvgIpc) is 2.14. The third-order valence-electron chi connectivity index (χ3n) is 2.21. The third-order valence-corrected chi connectivity index (χ3v) is 2.21. The molecule has 0 saturated heterocycles. The largest absolute Gasteiger partial charge is 0.507 e. The molecule has 0 amide bonds. The zero-order valence-electron chi connectivity index (χ0n) is 8.71. The topological polar surface area (TPSA) is 37.3 Å². The van der Waals surface area contributed by atoms with Gasteiger partial charge in [0.15, 0.2) is 5.78 Å². The number of Topliss-reactive ketones (excluding diaryl/α,β-unsaturated/α-hetero) is 1. The maximum atomic E-state index is 11.6. The van der Waals surface area contributed by atoms with E-state index < -0.39 is 0 Å². The maximum Gasteiger partial charge on any atom is 0.166 e. The molecule has 0 aliphatic carbocycles. The Hall–Kier alpha value is -1.31. The van der Waals surface area contributed by atoms with Crippen LogP contribution in [0.3, 0.4) is 0 Å². The van der Waals surface area contributed by atoms with E-state index in [1.54, 1.807) is 12.1 Å². The molecule has 0 unspecified atom stereocenters. The van der Waals surface area contributed by atoms with Gasteiger partial charge in [0.1, 0.15) is 5.75 Å². The molecule has 14 heavy (non-hydrogen) atoms. The monoisotopic (exact) mass is 192 g/mol. The fourth-order valence-corrected chi connectivity index (χ4v) is 1.35. The van der Waals surface area contributed by atoms with Crippen molar-refractivity contribution in [2.24, 2.45) is 0 Å². The van der Waals surface area contributed by atoms with Gasteiger partial charge in [0.05, 0.1) is 5.56 Å². The molecular formula is C12H16O2. The lowest BCUT2D eigenvalue weighted by Crippen LogP contribution is -1.99. The number of benzene rings is 1. The molecule has 0 aliphatic heterocycles. The van der Waals surface area contributed by atoms with Gasteiger partial charge in [-0.2, -0.15) is 0 Å². The van der Waals surface area contributed by atoms with Gasteiger partial charge in [-0.3, -0.25) is 4.79 Å². The first-order valence-electron chi connectivity index (χ1n) is 4.98. The van der Waals surface area contributed by atoms with Gasteiger partial charge in [-0.1, -0.05) is 19.4 Å². The summed E-state index contributed by atoms with van der Waals surface area (Å²) >= 11 is 0. The molecule has 0 spiro atoms. The minimum Gasteiger partial charge on any atom is -0.507 e. The van der Waals surface area contributed by atoms with E-state index in [1.807, 2.05) is 19.9 Å². The van der Waals surface area contributed by atoms with Crippen molar-refractivity contribution in [2.45, 2.75) is 33.1 Å². The Balaban J connectivity index is 2.80. The summed E-state index contributed by atoms with van der Waals surface area (Å²) in [4.78, 5) is 11.6. The summed E-state index contributed by atoms with van der Waals surface area (Å²) < 4.78 is 0. The van der Waals surface area contributed by atoms with E-state index >= 15 is 0 Å². The Morgan fingerprint density at radius 3 is 2.71 bits per heavy atom. The maximum absolute atomic E-state index is 11.6. The summed E-state index contributed by atoms with van der Waals surface area (Å²) in [6, 6.07) is 5.17. The van der Waals surface area contributed by atoms with Crippen LogP contribution in [0.2, 0.25) is 0 Å². The molecule has 1 aromatic carbocycles. The molecule has 0 aromatic heterocycles.